The van der Waals surface area contributed by atoms with Gasteiger partial charge in [0.05, 0.1) is 14.2 Å². The summed E-state index contributed by atoms with van der Waals surface area (Å²) < 4.78 is 15.4. The normalized spacial score (nSPS) is 15.2. The number of carbonyl (C=O) groups is 3. The largest absolute Gasteiger partial charge is 0.493 e. The van der Waals surface area contributed by atoms with Crippen LogP contribution in [0.25, 0.3) is 0 Å². The first-order valence-corrected chi connectivity index (χ1v) is 9.44. The van der Waals surface area contributed by atoms with Gasteiger partial charge in [0.15, 0.2) is 17.6 Å². The fourth-order valence-corrected chi connectivity index (χ4v) is 3.09. The number of esters is 1. The Morgan fingerprint density at radius 2 is 1.75 bits per heavy atom. The van der Waals surface area contributed by atoms with Gasteiger partial charge in [-0.2, -0.15) is 0 Å². The predicted octanol–water partition coefficient (Wildman–Crippen LogP) is 1.81. The molecule has 0 radical (unpaired) electrons. The molecular formula is C20H28N2O6. The second kappa shape index (κ2) is 10.5. The summed E-state index contributed by atoms with van der Waals surface area (Å²) in [4.78, 5) is 36.3. The smallest absolute Gasteiger partial charge is 0.326 e. The first-order valence-electron chi connectivity index (χ1n) is 9.44. The van der Waals surface area contributed by atoms with Gasteiger partial charge in [0.2, 0.25) is 0 Å². The molecule has 8 nitrogen and oxygen atoms in total. The van der Waals surface area contributed by atoms with Gasteiger partial charge in [-0.05, 0) is 38.0 Å². The lowest BCUT2D eigenvalue weighted by atomic mass is 9.95. The molecule has 8 heteroatoms. The molecule has 0 saturated heterocycles. The summed E-state index contributed by atoms with van der Waals surface area (Å²) in [6.45, 7) is 1.18. The van der Waals surface area contributed by atoms with Crippen molar-refractivity contribution in [1.29, 1.82) is 0 Å². The number of nitrogens with one attached hydrogen (secondary N) is 2. The van der Waals surface area contributed by atoms with Gasteiger partial charge >= 0.3 is 5.97 Å². The molecule has 2 amide bonds. The molecule has 0 heterocycles. The monoisotopic (exact) mass is 392 g/mol. The van der Waals surface area contributed by atoms with E-state index in [9.17, 15) is 14.4 Å². The van der Waals surface area contributed by atoms with E-state index >= 15 is 0 Å². The lowest BCUT2D eigenvalue weighted by Crippen LogP contribution is -2.43. The summed E-state index contributed by atoms with van der Waals surface area (Å²) in [5, 5.41) is 5.38. The second-order valence-electron chi connectivity index (χ2n) is 6.73. The molecule has 0 spiro atoms. The second-order valence-corrected chi connectivity index (χ2v) is 6.73. The molecule has 1 aliphatic carbocycles. The molecule has 0 aromatic heterocycles. The van der Waals surface area contributed by atoms with Gasteiger partial charge in [0, 0.05) is 11.6 Å². The molecule has 2 rings (SSSR count). The van der Waals surface area contributed by atoms with E-state index in [1.807, 2.05) is 0 Å². The molecule has 2 N–H and O–H groups in total. The lowest BCUT2D eigenvalue weighted by molar-refractivity contribution is -0.154. The molecule has 1 unspecified atom stereocenters. The summed E-state index contributed by atoms with van der Waals surface area (Å²) >= 11 is 0. The molecule has 0 aliphatic heterocycles. The Labute approximate surface area is 164 Å². The maximum Gasteiger partial charge on any atom is 0.326 e. The quantitative estimate of drug-likeness (QED) is 0.654. The van der Waals surface area contributed by atoms with E-state index < -0.39 is 18.0 Å². The molecule has 1 aliphatic rings. The standard InChI is InChI=1S/C20H28N2O6/c1-13(19(24)22-15-7-5-4-6-8-15)28-18(23)12-21-20(25)14-9-10-16(26-2)17(11-14)27-3/h9-11,13,15H,4-8,12H2,1-3H3,(H,21,25)(H,22,24). The van der Waals surface area contributed by atoms with Gasteiger partial charge < -0.3 is 24.8 Å². The summed E-state index contributed by atoms with van der Waals surface area (Å²) in [5.74, 6) is -0.550. The Hall–Kier alpha value is -2.77. The van der Waals surface area contributed by atoms with Crippen LogP contribution in [0.1, 0.15) is 49.4 Å². The fourth-order valence-electron chi connectivity index (χ4n) is 3.09. The number of hydrogen-bond acceptors (Lipinski definition) is 6. The van der Waals surface area contributed by atoms with Crippen molar-refractivity contribution in [3.63, 3.8) is 0 Å². The predicted molar refractivity (Wildman–Crippen MR) is 102 cm³/mol. The van der Waals surface area contributed by atoms with Crippen molar-refractivity contribution in [2.75, 3.05) is 20.8 Å². The Morgan fingerprint density at radius 1 is 1.07 bits per heavy atom. The number of amides is 2. The topological polar surface area (TPSA) is 103 Å². The van der Waals surface area contributed by atoms with Gasteiger partial charge in [-0.3, -0.25) is 14.4 Å². The van der Waals surface area contributed by atoms with Gasteiger partial charge in [0.25, 0.3) is 11.8 Å². The van der Waals surface area contributed by atoms with Crippen molar-refractivity contribution in [1.82, 2.24) is 10.6 Å². The van der Waals surface area contributed by atoms with Gasteiger partial charge in [0.1, 0.15) is 6.54 Å². The zero-order chi connectivity index (χ0) is 20.5. The molecule has 0 bridgehead atoms. The van der Waals surface area contributed by atoms with Crippen LogP contribution in [0.15, 0.2) is 18.2 Å². The highest BCUT2D eigenvalue weighted by Gasteiger charge is 2.22. The zero-order valence-corrected chi connectivity index (χ0v) is 16.6. The summed E-state index contributed by atoms with van der Waals surface area (Å²) in [6, 6.07) is 4.82. The lowest BCUT2D eigenvalue weighted by Gasteiger charge is -2.24. The minimum absolute atomic E-state index is 0.146. The van der Waals surface area contributed by atoms with E-state index in [0.717, 1.165) is 25.7 Å². The van der Waals surface area contributed by atoms with Crippen molar-refractivity contribution in [3.8, 4) is 11.5 Å². The third kappa shape index (κ3) is 6.14. The maximum atomic E-state index is 12.2. The number of benzene rings is 1. The van der Waals surface area contributed by atoms with Crippen LogP contribution < -0.4 is 20.1 Å². The first-order chi connectivity index (χ1) is 13.4. The summed E-state index contributed by atoms with van der Waals surface area (Å²) in [5.41, 5.74) is 0.313. The van der Waals surface area contributed by atoms with E-state index in [-0.39, 0.29) is 18.5 Å². The van der Waals surface area contributed by atoms with Crippen LogP contribution in [-0.2, 0) is 14.3 Å². The molecule has 1 saturated carbocycles. The van der Waals surface area contributed by atoms with Gasteiger partial charge in [-0.1, -0.05) is 19.3 Å². The van der Waals surface area contributed by atoms with Crippen molar-refractivity contribution in [2.45, 2.75) is 51.2 Å². The molecule has 154 valence electrons. The van der Waals surface area contributed by atoms with Crippen molar-refractivity contribution in [3.05, 3.63) is 23.8 Å². The number of ether oxygens (including phenoxy) is 3. The van der Waals surface area contributed by atoms with Crippen molar-refractivity contribution < 1.29 is 28.6 Å². The SMILES string of the molecule is COc1ccc(C(=O)NCC(=O)OC(C)C(=O)NC2CCCCC2)cc1OC. The first kappa shape index (κ1) is 21.5. The maximum absolute atomic E-state index is 12.2. The number of rotatable bonds is 8. The highest BCUT2D eigenvalue weighted by molar-refractivity contribution is 5.96. The fraction of sp³-hybridized carbons (Fsp3) is 0.550. The third-order valence-electron chi connectivity index (χ3n) is 4.67. The van der Waals surface area contributed by atoms with E-state index in [1.165, 1.54) is 33.6 Å². The summed E-state index contributed by atoms with van der Waals surface area (Å²) in [7, 11) is 2.97. The minimum atomic E-state index is -0.910. The van der Waals surface area contributed by atoms with Crippen LogP contribution in [0.4, 0.5) is 0 Å². The minimum Gasteiger partial charge on any atom is -0.493 e. The summed E-state index contributed by atoms with van der Waals surface area (Å²) in [6.07, 6.45) is 4.38. The highest BCUT2D eigenvalue weighted by atomic mass is 16.5. The number of carbonyl (C=O) groups excluding carboxylic acids is 3. The molecule has 1 aromatic rings. The molecular weight excluding hydrogens is 364 g/mol. The molecule has 28 heavy (non-hydrogen) atoms. The average Bonchev–Trinajstić information content (AvgIpc) is 2.72. The van der Waals surface area contributed by atoms with Crippen LogP contribution >= 0.6 is 0 Å². The van der Waals surface area contributed by atoms with E-state index in [0.29, 0.717) is 17.1 Å². The Balaban J connectivity index is 1.79. The van der Waals surface area contributed by atoms with E-state index in [2.05, 4.69) is 10.6 Å². The molecule has 1 aromatic carbocycles. The van der Waals surface area contributed by atoms with Crippen LogP contribution in [0, 0.1) is 0 Å². The third-order valence-corrected chi connectivity index (χ3v) is 4.67. The van der Waals surface area contributed by atoms with Crippen molar-refractivity contribution >= 4 is 17.8 Å². The van der Waals surface area contributed by atoms with E-state index in [1.54, 1.807) is 12.1 Å². The average molecular weight is 392 g/mol. The Bertz CT molecular complexity index is 700. The highest BCUT2D eigenvalue weighted by Crippen LogP contribution is 2.27. The van der Waals surface area contributed by atoms with Gasteiger partial charge in [-0.25, -0.2) is 0 Å². The zero-order valence-electron chi connectivity index (χ0n) is 16.6. The van der Waals surface area contributed by atoms with Crippen LogP contribution in [0.3, 0.4) is 0 Å². The number of hydrogen-bond donors (Lipinski definition) is 2. The van der Waals surface area contributed by atoms with Crippen LogP contribution in [0.5, 0.6) is 11.5 Å². The number of methoxy groups -OCH3 is 2. The van der Waals surface area contributed by atoms with Gasteiger partial charge in [-0.15, -0.1) is 0 Å². The van der Waals surface area contributed by atoms with E-state index in [4.69, 9.17) is 14.2 Å². The Morgan fingerprint density at radius 3 is 2.39 bits per heavy atom. The molecule has 1 fully saturated rings. The Kier molecular flexibility index (Phi) is 8.10. The molecule has 1 atom stereocenters. The van der Waals surface area contributed by atoms with Crippen LogP contribution in [0.2, 0.25) is 0 Å². The van der Waals surface area contributed by atoms with Crippen molar-refractivity contribution in [2.24, 2.45) is 0 Å². The van der Waals surface area contributed by atoms with Crippen LogP contribution in [-0.4, -0.2) is 50.7 Å².